The lowest BCUT2D eigenvalue weighted by Crippen LogP contribution is -2.40. The summed E-state index contributed by atoms with van der Waals surface area (Å²) in [6.07, 6.45) is 1.15. The lowest BCUT2D eigenvalue weighted by Gasteiger charge is -2.33. The van der Waals surface area contributed by atoms with E-state index in [0.717, 1.165) is 18.6 Å². The largest absolute Gasteiger partial charge is 0.417 e. The maximum atomic E-state index is 6.08. The van der Waals surface area contributed by atoms with Crippen LogP contribution in [0, 0.1) is 0 Å². The molecular weight excluding hydrogens is 164 g/mol. The first-order valence-electron chi connectivity index (χ1n) is 5.26. The van der Waals surface area contributed by atoms with Gasteiger partial charge >= 0.3 is 0 Å². The van der Waals surface area contributed by atoms with Crippen LogP contribution in [0.25, 0.3) is 0 Å². The zero-order valence-corrected chi connectivity index (χ0v) is 10.3. The summed E-state index contributed by atoms with van der Waals surface area (Å²) in [6.45, 7) is 12.3. The van der Waals surface area contributed by atoms with Crippen molar-refractivity contribution in [3.8, 4) is 0 Å². The van der Waals surface area contributed by atoms with Crippen LogP contribution in [-0.4, -0.2) is 14.9 Å². The van der Waals surface area contributed by atoms with Gasteiger partial charge < -0.3 is 4.43 Å². The summed E-state index contributed by atoms with van der Waals surface area (Å²) in [4.78, 5) is 0. The van der Waals surface area contributed by atoms with E-state index in [9.17, 15) is 0 Å². The van der Waals surface area contributed by atoms with Crippen molar-refractivity contribution in [1.82, 2.24) is 0 Å². The molecule has 0 heterocycles. The molecule has 0 saturated carbocycles. The highest BCUT2D eigenvalue weighted by Gasteiger charge is 2.34. The second kappa shape index (κ2) is 5.76. The Morgan fingerprint density at radius 2 is 1.58 bits per heavy atom. The lowest BCUT2D eigenvalue weighted by atomic mass is 10.5. The molecule has 0 bridgehead atoms. The van der Waals surface area contributed by atoms with Gasteiger partial charge in [0.15, 0.2) is 8.32 Å². The van der Waals surface area contributed by atoms with Crippen LogP contribution in [0.2, 0.25) is 17.6 Å². The van der Waals surface area contributed by atoms with Crippen molar-refractivity contribution in [2.24, 2.45) is 0 Å². The normalized spacial score (nSPS) is 12.5. The highest BCUT2D eigenvalue weighted by atomic mass is 28.4. The number of hydrogen-bond acceptors (Lipinski definition) is 1. The molecule has 0 aliphatic carbocycles. The molecule has 0 aliphatic rings. The van der Waals surface area contributed by atoms with E-state index in [2.05, 4.69) is 34.6 Å². The zero-order valence-electron chi connectivity index (χ0n) is 9.31. The molecule has 0 aromatic heterocycles. The monoisotopic (exact) mass is 188 g/mol. The summed E-state index contributed by atoms with van der Waals surface area (Å²) < 4.78 is 6.08. The highest BCUT2D eigenvalue weighted by Crippen LogP contribution is 2.29. The van der Waals surface area contributed by atoms with Gasteiger partial charge in [-0.15, -0.1) is 0 Å². The van der Waals surface area contributed by atoms with Crippen molar-refractivity contribution in [2.75, 3.05) is 6.61 Å². The molecule has 0 atom stereocenters. The minimum Gasteiger partial charge on any atom is -0.417 e. The molecule has 0 aliphatic heterocycles. The van der Waals surface area contributed by atoms with Gasteiger partial charge in [0.2, 0.25) is 0 Å². The smallest absolute Gasteiger partial charge is 0.194 e. The van der Waals surface area contributed by atoms with Gasteiger partial charge in [-0.1, -0.05) is 34.6 Å². The first kappa shape index (κ1) is 12.2. The summed E-state index contributed by atoms with van der Waals surface area (Å²) in [5.74, 6) is 0. The van der Waals surface area contributed by atoms with Crippen LogP contribution in [-0.2, 0) is 4.43 Å². The van der Waals surface area contributed by atoms with E-state index in [-0.39, 0.29) is 0 Å². The Kier molecular flexibility index (Phi) is 5.84. The molecule has 74 valence electrons. The van der Waals surface area contributed by atoms with Crippen LogP contribution >= 0.6 is 0 Å². The number of rotatable bonds is 6. The molecule has 0 unspecified atom stereocenters. The SMILES string of the molecule is CCCO[Si](CC)(CC)C(C)C. The first-order chi connectivity index (χ1) is 5.63. The minimum absolute atomic E-state index is 0.763. The van der Waals surface area contributed by atoms with Crippen LogP contribution in [0.5, 0.6) is 0 Å². The van der Waals surface area contributed by atoms with Crippen LogP contribution in [0.15, 0.2) is 0 Å². The molecular formula is C10H24OSi. The topological polar surface area (TPSA) is 9.23 Å². The molecule has 0 fully saturated rings. The standard InChI is InChI=1S/C10H24OSi/c1-6-9-11-12(7-2,8-3)10(4)5/h10H,6-9H2,1-5H3. The molecule has 2 heteroatoms. The molecule has 0 radical (unpaired) electrons. The molecule has 0 aromatic carbocycles. The van der Waals surface area contributed by atoms with Crippen molar-refractivity contribution in [3.05, 3.63) is 0 Å². The van der Waals surface area contributed by atoms with Crippen molar-refractivity contribution in [2.45, 2.75) is 58.7 Å². The van der Waals surface area contributed by atoms with E-state index in [1.807, 2.05) is 0 Å². The quantitative estimate of drug-likeness (QED) is 0.576. The van der Waals surface area contributed by atoms with Gasteiger partial charge in [-0.25, -0.2) is 0 Å². The first-order valence-corrected chi connectivity index (χ1v) is 7.66. The third-order valence-electron chi connectivity index (χ3n) is 2.84. The highest BCUT2D eigenvalue weighted by molar-refractivity contribution is 6.74. The maximum Gasteiger partial charge on any atom is 0.194 e. The Labute approximate surface area is 78.6 Å². The van der Waals surface area contributed by atoms with Crippen LogP contribution in [0.3, 0.4) is 0 Å². The number of hydrogen-bond donors (Lipinski definition) is 0. The van der Waals surface area contributed by atoms with Crippen molar-refractivity contribution < 1.29 is 4.43 Å². The maximum absolute atomic E-state index is 6.08. The Morgan fingerprint density at radius 1 is 1.08 bits per heavy atom. The molecule has 0 saturated heterocycles. The van der Waals surface area contributed by atoms with E-state index in [0.29, 0.717) is 0 Å². The predicted octanol–water partition coefficient (Wildman–Crippen LogP) is 3.81. The van der Waals surface area contributed by atoms with Crippen LogP contribution in [0.4, 0.5) is 0 Å². The van der Waals surface area contributed by atoms with Crippen LogP contribution in [0.1, 0.15) is 41.0 Å². The fraction of sp³-hybridized carbons (Fsp3) is 1.00. The molecule has 0 amide bonds. The van der Waals surface area contributed by atoms with E-state index in [1.54, 1.807) is 0 Å². The van der Waals surface area contributed by atoms with E-state index < -0.39 is 8.32 Å². The third-order valence-corrected chi connectivity index (χ3v) is 8.12. The minimum atomic E-state index is -1.34. The van der Waals surface area contributed by atoms with Gasteiger partial charge in [0.1, 0.15) is 0 Å². The van der Waals surface area contributed by atoms with Crippen LogP contribution < -0.4 is 0 Å². The van der Waals surface area contributed by atoms with Gasteiger partial charge in [-0.05, 0) is 24.1 Å². The summed E-state index contributed by atoms with van der Waals surface area (Å²) >= 11 is 0. The molecule has 0 N–H and O–H groups in total. The summed E-state index contributed by atoms with van der Waals surface area (Å²) in [5, 5.41) is 0. The fourth-order valence-corrected chi connectivity index (χ4v) is 5.23. The zero-order chi connectivity index (χ0) is 9.61. The Bertz CT molecular complexity index is 108. The lowest BCUT2D eigenvalue weighted by molar-refractivity contribution is 0.292. The van der Waals surface area contributed by atoms with E-state index >= 15 is 0 Å². The second-order valence-corrected chi connectivity index (χ2v) is 8.76. The van der Waals surface area contributed by atoms with Gasteiger partial charge in [-0.2, -0.15) is 0 Å². The third kappa shape index (κ3) is 2.90. The van der Waals surface area contributed by atoms with Gasteiger partial charge in [0.25, 0.3) is 0 Å². The summed E-state index contributed by atoms with van der Waals surface area (Å²) in [7, 11) is -1.34. The Balaban J connectivity index is 4.15. The van der Waals surface area contributed by atoms with Gasteiger partial charge in [-0.3, -0.25) is 0 Å². The molecule has 0 spiro atoms. The summed E-state index contributed by atoms with van der Waals surface area (Å²) in [5.41, 5.74) is 0.763. The summed E-state index contributed by atoms with van der Waals surface area (Å²) in [6, 6.07) is 2.53. The predicted molar refractivity (Wildman–Crippen MR) is 58.1 cm³/mol. The Morgan fingerprint density at radius 3 is 1.83 bits per heavy atom. The van der Waals surface area contributed by atoms with Crippen molar-refractivity contribution in [3.63, 3.8) is 0 Å². The van der Waals surface area contributed by atoms with Crippen molar-refractivity contribution in [1.29, 1.82) is 0 Å². The van der Waals surface area contributed by atoms with E-state index in [1.165, 1.54) is 12.1 Å². The van der Waals surface area contributed by atoms with Gasteiger partial charge in [0.05, 0.1) is 0 Å². The molecule has 0 aromatic rings. The van der Waals surface area contributed by atoms with Gasteiger partial charge in [0, 0.05) is 6.61 Å². The fourth-order valence-electron chi connectivity index (χ4n) is 1.74. The molecule has 1 nitrogen and oxygen atoms in total. The average molecular weight is 188 g/mol. The molecule has 0 rings (SSSR count). The Hall–Kier alpha value is 0.177. The second-order valence-electron chi connectivity index (χ2n) is 3.78. The van der Waals surface area contributed by atoms with Crippen molar-refractivity contribution >= 4 is 8.32 Å². The van der Waals surface area contributed by atoms with E-state index in [4.69, 9.17) is 4.43 Å². The average Bonchev–Trinajstić information content (AvgIpc) is 2.07. The molecule has 12 heavy (non-hydrogen) atoms.